The van der Waals surface area contributed by atoms with Gasteiger partial charge in [0.15, 0.2) is 0 Å². The molecule has 0 saturated heterocycles. The molecular formula is C52H101O9P. The Labute approximate surface area is 383 Å². The summed E-state index contributed by atoms with van der Waals surface area (Å²) in [5, 5.41) is 18.4. The maximum absolute atomic E-state index is 12.7. The highest BCUT2D eigenvalue weighted by Gasteiger charge is 2.26. The second-order valence-corrected chi connectivity index (χ2v) is 19.4. The molecular weight excluding hydrogens is 800 g/mol. The van der Waals surface area contributed by atoms with Gasteiger partial charge in [-0.05, 0) is 44.9 Å². The third-order valence-electron chi connectivity index (χ3n) is 11.6. The normalized spacial score (nSPS) is 14.0. The van der Waals surface area contributed by atoms with Crippen LogP contribution < -0.4 is 0 Å². The molecule has 3 N–H and O–H groups in total. The summed E-state index contributed by atoms with van der Waals surface area (Å²) in [6, 6.07) is 0. The SMILES string of the molecule is CCCCCCC/C=C\C/C=C\CCCCCCCCCCCC(=O)OC(COCCCCCCCCCCCCCCCCCCCCCC)COP(=O)(O)OCC(O)CO. The minimum atomic E-state index is -4.52. The molecule has 0 saturated carbocycles. The van der Waals surface area contributed by atoms with Gasteiger partial charge in [-0.2, -0.15) is 0 Å². The molecule has 0 aliphatic heterocycles. The third kappa shape index (κ3) is 48.4. The lowest BCUT2D eigenvalue weighted by molar-refractivity contribution is -0.154. The van der Waals surface area contributed by atoms with Gasteiger partial charge in [-0.1, -0.05) is 231 Å². The van der Waals surface area contributed by atoms with Crippen molar-refractivity contribution in [2.45, 2.75) is 270 Å². The number of phosphoric acid groups is 1. The number of hydrogen-bond acceptors (Lipinski definition) is 8. The van der Waals surface area contributed by atoms with Crippen molar-refractivity contribution in [1.82, 2.24) is 0 Å². The van der Waals surface area contributed by atoms with Crippen LogP contribution in [0.4, 0.5) is 0 Å². The highest BCUT2D eigenvalue weighted by Crippen LogP contribution is 2.43. The number of rotatable bonds is 51. The van der Waals surface area contributed by atoms with Gasteiger partial charge >= 0.3 is 13.8 Å². The average molecular weight is 901 g/mol. The largest absolute Gasteiger partial charge is 0.472 e. The highest BCUT2D eigenvalue weighted by atomic mass is 31.2. The second kappa shape index (κ2) is 49.4. The van der Waals surface area contributed by atoms with Crippen LogP contribution in [-0.2, 0) is 27.9 Å². The Morgan fingerprint density at radius 2 is 0.871 bits per heavy atom. The number of carbonyl (C=O) groups excluding carboxylic acids is 1. The first-order valence-electron chi connectivity index (χ1n) is 26.3. The molecule has 0 heterocycles. The minimum Gasteiger partial charge on any atom is -0.457 e. The van der Waals surface area contributed by atoms with Crippen molar-refractivity contribution in [2.75, 3.05) is 33.0 Å². The molecule has 62 heavy (non-hydrogen) atoms. The Bertz CT molecular complexity index is 1020. The molecule has 10 heteroatoms. The summed E-state index contributed by atoms with van der Waals surface area (Å²) < 4.78 is 33.6. The van der Waals surface area contributed by atoms with Crippen LogP contribution in [0.1, 0.15) is 258 Å². The molecule has 0 aromatic carbocycles. The molecule has 0 radical (unpaired) electrons. The molecule has 0 bridgehead atoms. The van der Waals surface area contributed by atoms with Gasteiger partial charge in [-0.3, -0.25) is 13.8 Å². The molecule has 0 spiro atoms. The number of aliphatic hydroxyl groups is 2. The fourth-order valence-electron chi connectivity index (χ4n) is 7.62. The molecule has 0 amide bonds. The zero-order valence-electron chi connectivity index (χ0n) is 40.6. The number of phosphoric ester groups is 1. The van der Waals surface area contributed by atoms with Gasteiger partial charge in [0, 0.05) is 13.0 Å². The predicted molar refractivity (Wildman–Crippen MR) is 261 cm³/mol. The highest BCUT2D eigenvalue weighted by molar-refractivity contribution is 7.47. The Morgan fingerprint density at radius 1 is 0.500 bits per heavy atom. The molecule has 368 valence electrons. The number of hydrogen-bond donors (Lipinski definition) is 3. The van der Waals surface area contributed by atoms with Crippen LogP contribution in [0.15, 0.2) is 24.3 Å². The van der Waals surface area contributed by atoms with E-state index in [9.17, 15) is 19.4 Å². The van der Waals surface area contributed by atoms with Crippen molar-refractivity contribution in [3.8, 4) is 0 Å². The van der Waals surface area contributed by atoms with Crippen molar-refractivity contribution in [3.05, 3.63) is 24.3 Å². The second-order valence-electron chi connectivity index (χ2n) is 17.9. The van der Waals surface area contributed by atoms with Gasteiger partial charge in [0.1, 0.15) is 12.2 Å². The van der Waals surface area contributed by atoms with Crippen molar-refractivity contribution in [2.24, 2.45) is 0 Å². The quantitative estimate of drug-likeness (QED) is 0.0236. The summed E-state index contributed by atoms with van der Waals surface area (Å²) in [5.74, 6) is -0.381. The molecule has 0 aliphatic rings. The van der Waals surface area contributed by atoms with E-state index in [4.69, 9.17) is 23.6 Å². The smallest absolute Gasteiger partial charge is 0.457 e. The standard InChI is InChI=1S/C52H101O9P/c1-3-5-7-9-11-13-15-17-19-21-23-25-26-28-30-32-34-36-38-40-42-44-52(55)61-51(49-60-62(56,57)59-47-50(54)46-53)48-58-45-43-41-39-37-35-33-31-29-27-24-22-20-18-16-14-12-10-8-6-4-2/h15,17,21,23,50-51,53-54H,3-14,16,18-20,22,24-49H2,1-2H3,(H,56,57)/b17-15-,23-21-. The summed E-state index contributed by atoms with van der Waals surface area (Å²) in [6.45, 7) is 3.57. The lowest BCUT2D eigenvalue weighted by atomic mass is 10.0. The van der Waals surface area contributed by atoms with Crippen molar-refractivity contribution < 1.29 is 43.0 Å². The van der Waals surface area contributed by atoms with E-state index in [1.807, 2.05) is 0 Å². The summed E-state index contributed by atoms with van der Waals surface area (Å²) in [5.41, 5.74) is 0. The first-order chi connectivity index (χ1) is 30.3. The van der Waals surface area contributed by atoms with Crippen LogP contribution in [0, 0.1) is 0 Å². The van der Waals surface area contributed by atoms with Crippen LogP contribution in [0.25, 0.3) is 0 Å². The van der Waals surface area contributed by atoms with Crippen LogP contribution in [0.2, 0.25) is 0 Å². The maximum atomic E-state index is 12.7. The molecule has 3 atom stereocenters. The van der Waals surface area contributed by atoms with Crippen molar-refractivity contribution >= 4 is 13.8 Å². The van der Waals surface area contributed by atoms with E-state index >= 15 is 0 Å². The number of ether oxygens (including phenoxy) is 2. The van der Waals surface area contributed by atoms with E-state index < -0.39 is 33.2 Å². The van der Waals surface area contributed by atoms with E-state index in [0.717, 1.165) is 38.5 Å². The topological polar surface area (TPSA) is 132 Å². The third-order valence-corrected chi connectivity index (χ3v) is 12.6. The lowest BCUT2D eigenvalue weighted by Gasteiger charge is -2.20. The molecule has 3 unspecified atom stereocenters. The Morgan fingerprint density at radius 3 is 1.29 bits per heavy atom. The molecule has 0 aliphatic carbocycles. The van der Waals surface area contributed by atoms with E-state index in [1.54, 1.807) is 0 Å². The first kappa shape index (κ1) is 60.9. The first-order valence-corrected chi connectivity index (χ1v) is 27.8. The minimum absolute atomic E-state index is 0.0526. The Balaban J connectivity index is 4.04. The summed E-state index contributed by atoms with van der Waals surface area (Å²) >= 11 is 0. The molecule has 0 fully saturated rings. The predicted octanol–water partition coefficient (Wildman–Crippen LogP) is 15.4. The van der Waals surface area contributed by atoms with Crippen LogP contribution in [-0.4, -0.2) is 66.3 Å². The van der Waals surface area contributed by atoms with E-state index in [2.05, 4.69) is 38.2 Å². The number of allylic oxidation sites excluding steroid dienone is 4. The van der Waals surface area contributed by atoms with Crippen LogP contribution in [0.5, 0.6) is 0 Å². The summed E-state index contributed by atoms with van der Waals surface area (Å²) in [4.78, 5) is 22.7. The van der Waals surface area contributed by atoms with E-state index in [1.165, 1.54) is 199 Å². The zero-order valence-corrected chi connectivity index (χ0v) is 41.5. The monoisotopic (exact) mass is 901 g/mol. The Kier molecular flexibility index (Phi) is 48.5. The number of esters is 1. The van der Waals surface area contributed by atoms with Gasteiger partial charge in [0.25, 0.3) is 0 Å². The number of unbranched alkanes of at least 4 members (excludes halogenated alkanes) is 33. The van der Waals surface area contributed by atoms with Crippen molar-refractivity contribution in [3.63, 3.8) is 0 Å². The van der Waals surface area contributed by atoms with Crippen molar-refractivity contribution in [1.29, 1.82) is 0 Å². The van der Waals surface area contributed by atoms with Crippen LogP contribution in [0.3, 0.4) is 0 Å². The lowest BCUT2D eigenvalue weighted by Crippen LogP contribution is -2.29. The van der Waals surface area contributed by atoms with E-state index in [-0.39, 0.29) is 25.6 Å². The van der Waals surface area contributed by atoms with E-state index in [0.29, 0.717) is 6.61 Å². The Hall–Kier alpha value is -1.06. The maximum Gasteiger partial charge on any atom is 0.472 e. The van der Waals surface area contributed by atoms with Gasteiger partial charge in [-0.15, -0.1) is 0 Å². The molecule has 0 aromatic heterocycles. The van der Waals surface area contributed by atoms with Gasteiger partial charge in [-0.25, -0.2) is 4.57 Å². The summed E-state index contributed by atoms with van der Waals surface area (Å²) in [7, 11) is -4.52. The average Bonchev–Trinajstić information content (AvgIpc) is 3.26. The van der Waals surface area contributed by atoms with Gasteiger partial charge < -0.3 is 24.6 Å². The molecule has 0 rings (SSSR count). The van der Waals surface area contributed by atoms with Crippen LogP contribution >= 0.6 is 7.82 Å². The zero-order chi connectivity index (χ0) is 45.3. The number of carbonyl (C=O) groups is 1. The number of aliphatic hydroxyl groups excluding tert-OH is 2. The van der Waals surface area contributed by atoms with Gasteiger partial charge in [0.05, 0.1) is 26.4 Å². The van der Waals surface area contributed by atoms with Gasteiger partial charge in [0.2, 0.25) is 0 Å². The summed E-state index contributed by atoms with van der Waals surface area (Å²) in [6.07, 6.45) is 54.3. The fourth-order valence-corrected chi connectivity index (χ4v) is 8.41. The molecule has 0 aromatic rings. The molecule has 9 nitrogen and oxygen atoms in total. The fraction of sp³-hybridized carbons (Fsp3) is 0.904.